The Morgan fingerprint density at radius 2 is 1.53 bits per heavy atom. The number of carbonyl (C=O) groups is 1. The van der Waals surface area contributed by atoms with Crippen LogP contribution < -0.4 is 24.5 Å². The van der Waals surface area contributed by atoms with Gasteiger partial charge in [-0.15, -0.1) is 0 Å². The van der Waals surface area contributed by atoms with Crippen LogP contribution >= 0.6 is 15.9 Å². The third-order valence-electron chi connectivity index (χ3n) is 7.86. The van der Waals surface area contributed by atoms with Crippen LogP contribution in [0, 0.1) is 0 Å². The molecular formula is C35H30BrN3O6. The van der Waals surface area contributed by atoms with Crippen LogP contribution in [0.25, 0.3) is 22.0 Å². The zero-order chi connectivity index (χ0) is 31.7. The summed E-state index contributed by atoms with van der Waals surface area (Å²) in [7, 11) is 6.09. The lowest BCUT2D eigenvalue weighted by Gasteiger charge is -2.23. The van der Waals surface area contributed by atoms with Crippen molar-refractivity contribution in [3.63, 3.8) is 0 Å². The van der Waals surface area contributed by atoms with Gasteiger partial charge in [0, 0.05) is 32.9 Å². The number of halogens is 1. The first kappa shape index (κ1) is 30.0. The van der Waals surface area contributed by atoms with Gasteiger partial charge in [-0.25, -0.2) is 5.01 Å². The summed E-state index contributed by atoms with van der Waals surface area (Å²) < 4.78 is 22.7. The van der Waals surface area contributed by atoms with Gasteiger partial charge >= 0.3 is 0 Å². The number of hydrogen-bond acceptors (Lipinski definition) is 7. The lowest BCUT2D eigenvalue weighted by molar-refractivity contribution is 0.0710. The van der Waals surface area contributed by atoms with E-state index >= 15 is 0 Å². The number of methoxy groups -OCH3 is 4. The Hall–Kier alpha value is -5.09. The van der Waals surface area contributed by atoms with Crippen molar-refractivity contribution in [2.75, 3.05) is 28.4 Å². The summed E-state index contributed by atoms with van der Waals surface area (Å²) in [5, 5.41) is 7.17. The van der Waals surface area contributed by atoms with Crippen LogP contribution in [0.4, 0.5) is 0 Å². The molecule has 228 valence electrons. The number of rotatable bonds is 8. The first-order valence-corrected chi connectivity index (χ1v) is 14.9. The molecule has 1 amide bonds. The van der Waals surface area contributed by atoms with Crippen LogP contribution in [0.1, 0.15) is 33.9 Å². The van der Waals surface area contributed by atoms with Gasteiger partial charge in [0.05, 0.1) is 45.8 Å². The second-order valence-corrected chi connectivity index (χ2v) is 11.3. The number of aromatic amines is 1. The van der Waals surface area contributed by atoms with Crippen LogP contribution in [0.15, 0.2) is 99.3 Å². The van der Waals surface area contributed by atoms with Crippen molar-refractivity contribution in [1.29, 1.82) is 0 Å². The third-order valence-corrected chi connectivity index (χ3v) is 8.35. The summed E-state index contributed by atoms with van der Waals surface area (Å²) in [6, 6.07) is 25.6. The Bertz CT molecular complexity index is 1960. The average molecular weight is 669 g/mol. The molecule has 4 aromatic carbocycles. The number of H-pyrrole nitrogens is 1. The first-order valence-electron chi connectivity index (χ1n) is 14.1. The number of nitrogens with zero attached hydrogens (tertiary/aromatic N) is 2. The molecule has 0 fully saturated rings. The van der Waals surface area contributed by atoms with Gasteiger partial charge in [-0.05, 0) is 53.6 Å². The van der Waals surface area contributed by atoms with E-state index in [1.165, 1.54) is 26.3 Å². The van der Waals surface area contributed by atoms with Crippen molar-refractivity contribution in [3.8, 4) is 34.1 Å². The number of hydrogen-bond donors (Lipinski definition) is 1. The fourth-order valence-corrected chi connectivity index (χ4v) is 6.08. The second kappa shape index (κ2) is 12.5. The standard InChI is InChI=1S/C35H30BrN3O6/c1-42-24-13-10-20(11-14-24)28-19-27(38-39(28)35(41)22-16-29(43-2)33(45-4)30(17-22)44-3)32-31(21-8-6-5-7-9-21)25-18-23(36)12-15-26(25)37-34(32)40/h5-18,28H,19H2,1-4H3,(H,37,40)/t28-/m0/s1. The van der Waals surface area contributed by atoms with Gasteiger partial charge in [0.1, 0.15) is 5.75 Å². The normalized spacial score (nSPS) is 14.3. The number of amides is 1. The smallest absolute Gasteiger partial charge is 0.274 e. The maximum Gasteiger partial charge on any atom is 0.274 e. The highest BCUT2D eigenvalue weighted by Crippen LogP contribution is 2.41. The van der Waals surface area contributed by atoms with Gasteiger partial charge in [-0.1, -0.05) is 58.4 Å². The molecule has 1 aliphatic rings. The topological polar surface area (TPSA) is 102 Å². The van der Waals surface area contributed by atoms with E-state index in [0.717, 1.165) is 26.5 Å². The molecule has 2 heterocycles. The molecule has 0 saturated heterocycles. The molecule has 9 nitrogen and oxygen atoms in total. The summed E-state index contributed by atoms with van der Waals surface area (Å²) in [6.45, 7) is 0. The maximum atomic E-state index is 14.3. The van der Waals surface area contributed by atoms with Crippen molar-refractivity contribution < 1.29 is 23.7 Å². The second-order valence-electron chi connectivity index (χ2n) is 10.4. The minimum absolute atomic E-state index is 0.285. The van der Waals surface area contributed by atoms with E-state index < -0.39 is 11.9 Å². The molecular weight excluding hydrogens is 638 g/mol. The number of carbonyl (C=O) groups excluding carboxylic acids is 1. The molecule has 0 saturated carbocycles. The zero-order valence-corrected chi connectivity index (χ0v) is 26.7. The predicted octanol–water partition coefficient (Wildman–Crippen LogP) is 6.98. The fraction of sp³-hybridized carbons (Fsp3) is 0.171. The molecule has 0 spiro atoms. The van der Waals surface area contributed by atoms with Gasteiger partial charge < -0.3 is 23.9 Å². The summed E-state index contributed by atoms with van der Waals surface area (Å²) >= 11 is 3.59. The Morgan fingerprint density at radius 3 is 2.16 bits per heavy atom. The van der Waals surface area contributed by atoms with E-state index in [9.17, 15) is 9.59 Å². The highest BCUT2D eigenvalue weighted by molar-refractivity contribution is 9.10. The van der Waals surface area contributed by atoms with Crippen LogP contribution in [0.5, 0.6) is 23.0 Å². The average Bonchev–Trinajstić information content (AvgIpc) is 3.52. The molecule has 5 aromatic rings. The van der Waals surface area contributed by atoms with Crippen LogP contribution in [0.2, 0.25) is 0 Å². The number of ether oxygens (including phenoxy) is 4. The van der Waals surface area contributed by atoms with Crippen molar-refractivity contribution in [3.05, 3.63) is 116 Å². The molecule has 0 unspecified atom stereocenters. The number of hydrazone groups is 1. The Balaban J connectivity index is 1.56. The largest absolute Gasteiger partial charge is 0.497 e. The Kier molecular flexibility index (Phi) is 8.32. The van der Waals surface area contributed by atoms with E-state index in [-0.39, 0.29) is 11.1 Å². The number of pyridine rings is 1. The number of aromatic nitrogens is 1. The van der Waals surface area contributed by atoms with E-state index in [1.807, 2.05) is 72.8 Å². The molecule has 45 heavy (non-hydrogen) atoms. The van der Waals surface area contributed by atoms with Gasteiger partial charge in [-0.2, -0.15) is 5.10 Å². The molecule has 6 rings (SSSR count). The van der Waals surface area contributed by atoms with E-state index in [1.54, 1.807) is 19.2 Å². The quantitative estimate of drug-likeness (QED) is 0.191. The van der Waals surface area contributed by atoms with Gasteiger partial charge in [-0.3, -0.25) is 9.59 Å². The first-order chi connectivity index (χ1) is 21.9. The zero-order valence-electron chi connectivity index (χ0n) is 25.1. The Labute approximate surface area is 268 Å². The van der Waals surface area contributed by atoms with Gasteiger partial charge in [0.25, 0.3) is 11.5 Å². The van der Waals surface area contributed by atoms with Crippen molar-refractivity contribution in [2.24, 2.45) is 5.10 Å². The van der Waals surface area contributed by atoms with Crippen molar-refractivity contribution >= 4 is 38.5 Å². The molecule has 0 bridgehead atoms. The minimum atomic E-state index is -0.515. The summed E-state index contributed by atoms with van der Waals surface area (Å²) in [5.74, 6) is 1.34. The van der Waals surface area contributed by atoms with E-state index in [4.69, 9.17) is 24.0 Å². The van der Waals surface area contributed by atoms with Gasteiger partial charge in [0.2, 0.25) is 5.75 Å². The highest BCUT2D eigenvalue weighted by Gasteiger charge is 2.36. The summed E-state index contributed by atoms with van der Waals surface area (Å²) in [5.41, 5.74) is 4.01. The van der Waals surface area contributed by atoms with Gasteiger partial charge in [0.15, 0.2) is 11.5 Å². The molecule has 0 aliphatic carbocycles. The molecule has 1 aliphatic heterocycles. The lowest BCUT2D eigenvalue weighted by atomic mass is 9.91. The molecule has 1 aromatic heterocycles. The molecule has 1 N–H and O–H groups in total. The number of nitrogens with one attached hydrogen (secondary N) is 1. The fourth-order valence-electron chi connectivity index (χ4n) is 5.72. The summed E-state index contributed by atoms with van der Waals surface area (Å²) in [4.78, 5) is 31.2. The highest BCUT2D eigenvalue weighted by atomic mass is 79.9. The minimum Gasteiger partial charge on any atom is -0.497 e. The third kappa shape index (κ3) is 5.53. The maximum absolute atomic E-state index is 14.3. The SMILES string of the molecule is COc1ccc([C@@H]2CC(c3c(-c4ccccc4)c4cc(Br)ccc4[nH]c3=O)=NN2C(=O)c2cc(OC)c(OC)c(OC)c2)cc1. The monoisotopic (exact) mass is 667 g/mol. The number of fused-ring (bicyclic) bond motifs is 1. The predicted molar refractivity (Wildman–Crippen MR) is 177 cm³/mol. The van der Waals surface area contributed by atoms with E-state index in [2.05, 4.69) is 20.9 Å². The Morgan fingerprint density at radius 1 is 0.844 bits per heavy atom. The lowest BCUT2D eigenvalue weighted by Crippen LogP contribution is -2.27. The van der Waals surface area contributed by atoms with Crippen LogP contribution in [-0.2, 0) is 0 Å². The van der Waals surface area contributed by atoms with Crippen LogP contribution in [0.3, 0.4) is 0 Å². The van der Waals surface area contributed by atoms with Crippen LogP contribution in [-0.4, -0.2) is 50.1 Å². The van der Waals surface area contributed by atoms with E-state index in [0.29, 0.717) is 46.2 Å². The number of benzene rings is 4. The molecule has 0 radical (unpaired) electrons. The van der Waals surface area contributed by atoms with Crippen molar-refractivity contribution in [1.82, 2.24) is 9.99 Å². The molecule has 1 atom stereocenters. The van der Waals surface area contributed by atoms with Crippen molar-refractivity contribution in [2.45, 2.75) is 12.5 Å². The molecule has 10 heteroatoms. The summed E-state index contributed by atoms with van der Waals surface area (Å²) in [6.07, 6.45) is 0.297.